The third-order valence-corrected chi connectivity index (χ3v) is 4.01. The van der Waals surface area contributed by atoms with E-state index in [9.17, 15) is 22.0 Å². The molecule has 0 unspecified atom stereocenters. The third kappa shape index (κ3) is 4.21. The van der Waals surface area contributed by atoms with Crippen LogP contribution in [0.2, 0.25) is 0 Å². The fourth-order valence-electron chi connectivity index (χ4n) is 2.39. The third-order valence-electron chi connectivity index (χ3n) is 3.25. The summed E-state index contributed by atoms with van der Waals surface area (Å²) in [5, 5.41) is 0. The Kier molecular flexibility index (Phi) is 4.58. The molecule has 1 aromatic rings. The highest BCUT2D eigenvalue weighted by molar-refractivity contribution is 7.88. The van der Waals surface area contributed by atoms with Crippen molar-refractivity contribution in [2.45, 2.75) is 18.9 Å². The lowest BCUT2D eigenvalue weighted by molar-refractivity contribution is 0.0698. The highest BCUT2D eigenvalue weighted by Crippen LogP contribution is 2.17. The second-order valence-electron chi connectivity index (χ2n) is 5.10. The Labute approximate surface area is 122 Å². The lowest BCUT2D eigenvalue weighted by Crippen LogP contribution is -2.49. The van der Waals surface area contributed by atoms with Crippen molar-refractivity contribution < 1.29 is 22.0 Å². The van der Waals surface area contributed by atoms with E-state index in [2.05, 4.69) is 4.72 Å². The zero-order chi connectivity index (χ0) is 15.6. The van der Waals surface area contributed by atoms with Gasteiger partial charge >= 0.3 is 0 Å². The second kappa shape index (κ2) is 6.07. The topological polar surface area (TPSA) is 66.5 Å². The van der Waals surface area contributed by atoms with Crippen molar-refractivity contribution in [1.29, 1.82) is 0 Å². The summed E-state index contributed by atoms with van der Waals surface area (Å²) in [6, 6.07) is 2.39. The van der Waals surface area contributed by atoms with Gasteiger partial charge in [-0.1, -0.05) is 0 Å². The zero-order valence-electron chi connectivity index (χ0n) is 11.5. The van der Waals surface area contributed by atoms with Crippen molar-refractivity contribution in [3.05, 3.63) is 35.4 Å². The number of hydrogen-bond acceptors (Lipinski definition) is 3. The molecular formula is C13H16F2N2O3S. The molecule has 1 saturated heterocycles. The van der Waals surface area contributed by atoms with E-state index in [1.54, 1.807) is 0 Å². The van der Waals surface area contributed by atoms with E-state index in [-0.39, 0.29) is 18.2 Å². The largest absolute Gasteiger partial charge is 0.337 e. The molecule has 1 aromatic carbocycles. The summed E-state index contributed by atoms with van der Waals surface area (Å²) >= 11 is 0. The van der Waals surface area contributed by atoms with Gasteiger partial charge in [0.05, 0.1) is 11.8 Å². The second-order valence-corrected chi connectivity index (χ2v) is 6.88. The molecule has 0 radical (unpaired) electrons. The number of carbonyl (C=O) groups is 1. The summed E-state index contributed by atoms with van der Waals surface area (Å²) in [6.45, 7) is 0.584. The van der Waals surface area contributed by atoms with Gasteiger partial charge in [-0.3, -0.25) is 4.79 Å². The molecule has 0 spiro atoms. The standard InChI is InChI=1S/C13H16F2N2O3S/c1-21(19,20)16-10-3-2-6-17(8-10)13(18)11-5-4-9(14)7-12(11)15/h4-5,7,10,16H,2-3,6,8H2,1H3/t10-/m1/s1. The summed E-state index contributed by atoms with van der Waals surface area (Å²) in [6.07, 6.45) is 2.28. The van der Waals surface area contributed by atoms with Crippen LogP contribution in [0.1, 0.15) is 23.2 Å². The minimum absolute atomic E-state index is 0.169. The number of benzene rings is 1. The average Bonchev–Trinajstić information content (AvgIpc) is 2.36. The Morgan fingerprint density at radius 1 is 1.38 bits per heavy atom. The number of likely N-dealkylation sites (tertiary alicyclic amines) is 1. The van der Waals surface area contributed by atoms with Gasteiger partial charge in [0.25, 0.3) is 5.91 Å². The molecule has 21 heavy (non-hydrogen) atoms. The number of carbonyl (C=O) groups excluding carboxylic acids is 1. The lowest BCUT2D eigenvalue weighted by Gasteiger charge is -2.32. The Morgan fingerprint density at radius 2 is 2.10 bits per heavy atom. The number of nitrogens with one attached hydrogen (secondary N) is 1. The van der Waals surface area contributed by atoms with Crippen LogP contribution in [0.15, 0.2) is 18.2 Å². The van der Waals surface area contributed by atoms with Crippen molar-refractivity contribution in [2.75, 3.05) is 19.3 Å². The van der Waals surface area contributed by atoms with Crippen LogP contribution in [0.25, 0.3) is 0 Å². The molecule has 1 N–H and O–H groups in total. The SMILES string of the molecule is CS(=O)(=O)N[C@@H]1CCCN(C(=O)c2ccc(F)cc2F)C1. The van der Waals surface area contributed by atoms with Gasteiger partial charge in [0.2, 0.25) is 10.0 Å². The van der Waals surface area contributed by atoms with Gasteiger partial charge < -0.3 is 4.90 Å². The minimum atomic E-state index is -3.36. The number of rotatable bonds is 3. The maximum Gasteiger partial charge on any atom is 0.256 e. The molecule has 1 aliphatic heterocycles. The Hall–Kier alpha value is -1.54. The van der Waals surface area contributed by atoms with E-state index >= 15 is 0 Å². The molecule has 0 bridgehead atoms. The quantitative estimate of drug-likeness (QED) is 0.908. The van der Waals surface area contributed by atoms with Crippen LogP contribution in [0.4, 0.5) is 8.78 Å². The van der Waals surface area contributed by atoms with Crippen molar-refractivity contribution in [3.63, 3.8) is 0 Å². The monoisotopic (exact) mass is 318 g/mol. The van der Waals surface area contributed by atoms with Gasteiger partial charge in [-0.25, -0.2) is 21.9 Å². The zero-order valence-corrected chi connectivity index (χ0v) is 12.3. The predicted molar refractivity (Wildman–Crippen MR) is 73.3 cm³/mol. The number of halogens is 2. The first-order valence-electron chi connectivity index (χ1n) is 6.48. The summed E-state index contributed by atoms with van der Waals surface area (Å²) in [5.41, 5.74) is -0.212. The Morgan fingerprint density at radius 3 is 2.71 bits per heavy atom. The van der Waals surface area contributed by atoms with Gasteiger partial charge in [0.15, 0.2) is 0 Å². The smallest absolute Gasteiger partial charge is 0.256 e. The molecule has 1 aliphatic rings. The molecule has 1 fully saturated rings. The van der Waals surface area contributed by atoms with Crippen LogP contribution in [0.3, 0.4) is 0 Å². The molecule has 1 amide bonds. The molecule has 116 valence electrons. The molecule has 8 heteroatoms. The lowest BCUT2D eigenvalue weighted by atomic mass is 10.1. The Bertz CT molecular complexity index is 649. The van der Waals surface area contributed by atoms with Crippen LogP contribution < -0.4 is 4.72 Å². The van der Waals surface area contributed by atoms with Gasteiger partial charge in [-0.15, -0.1) is 0 Å². The molecule has 0 aliphatic carbocycles. The van der Waals surface area contributed by atoms with Gasteiger partial charge in [-0.05, 0) is 25.0 Å². The summed E-state index contributed by atoms with van der Waals surface area (Å²) in [5.74, 6) is -2.23. The molecule has 5 nitrogen and oxygen atoms in total. The van der Waals surface area contributed by atoms with Crippen molar-refractivity contribution >= 4 is 15.9 Å². The van der Waals surface area contributed by atoms with Crippen molar-refractivity contribution in [2.24, 2.45) is 0 Å². The maximum atomic E-state index is 13.6. The number of hydrogen-bond donors (Lipinski definition) is 1. The molecule has 0 saturated carbocycles. The van der Waals surface area contributed by atoms with Gasteiger partial charge in [0.1, 0.15) is 11.6 Å². The first-order chi connectivity index (χ1) is 9.76. The van der Waals surface area contributed by atoms with E-state index in [4.69, 9.17) is 0 Å². The van der Waals surface area contributed by atoms with Crippen LogP contribution >= 0.6 is 0 Å². The van der Waals surface area contributed by atoms with Crippen molar-refractivity contribution in [3.8, 4) is 0 Å². The highest BCUT2D eigenvalue weighted by atomic mass is 32.2. The number of nitrogens with zero attached hydrogens (tertiary/aromatic N) is 1. The molecule has 1 atom stereocenters. The van der Waals surface area contributed by atoms with Gasteiger partial charge in [0, 0.05) is 25.2 Å². The maximum absolute atomic E-state index is 13.6. The Balaban J connectivity index is 2.12. The van der Waals surface area contributed by atoms with E-state index in [0.717, 1.165) is 18.4 Å². The summed E-state index contributed by atoms with van der Waals surface area (Å²) in [4.78, 5) is 13.6. The van der Waals surface area contributed by atoms with Crippen molar-refractivity contribution in [1.82, 2.24) is 9.62 Å². The predicted octanol–water partition coefficient (Wildman–Crippen LogP) is 1.12. The molecule has 1 heterocycles. The van der Waals surface area contributed by atoms with Crippen LogP contribution in [0, 0.1) is 11.6 Å². The summed E-state index contributed by atoms with van der Waals surface area (Å²) in [7, 11) is -3.36. The normalized spacial score (nSPS) is 19.6. The number of piperidine rings is 1. The molecular weight excluding hydrogens is 302 g/mol. The van der Waals surface area contributed by atoms with E-state index < -0.39 is 27.6 Å². The highest BCUT2D eigenvalue weighted by Gasteiger charge is 2.27. The van der Waals surface area contributed by atoms with E-state index in [1.165, 1.54) is 4.90 Å². The fourth-order valence-corrected chi connectivity index (χ4v) is 3.19. The minimum Gasteiger partial charge on any atom is -0.337 e. The van der Waals surface area contributed by atoms with Gasteiger partial charge in [-0.2, -0.15) is 0 Å². The number of amides is 1. The van der Waals surface area contributed by atoms with E-state index in [1.807, 2.05) is 0 Å². The average molecular weight is 318 g/mol. The number of sulfonamides is 1. The first kappa shape index (κ1) is 15.8. The molecule has 2 rings (SSSR count). The molecule has 0 aromatic heterocycles. The first-order valence-corrected chi connectivity index (χ1v) is 8.37. The summed E-state index contributed by atoms with van der Waals surface area (Å²) < 4.78 is 51.4. The van der Waals surface area contributed by atoms with Crippen LogP contribution in [-0.2, 0) is 10.0 Å². The van der Waals surface area contributed by atoms with E-state index in [0.29, 0.717) is 25.5 Å². The van der Waals surface area contributed by atoms with Crippen LogP contribution in [-0.4, -0.2) is 44.6 Å². The fraction of sp³-hybridized carbons (Fsp3) is 0.462. The van der Waals surface area contributed by atoms with Crippen LogP contribution in [0.5, 0.6) is 0 Å².